The summed E-state index contributed by atoms with van der Waals surface area (Å²) in [6.07, 6.45) is 12.8. The Kier molecular flexibility index (Phi) is 14.0. The van der Waals surface area contributed by atoms with Gasteiger partial charge in [0.2, 0.25) is 10.4 Å². The lowest BCUT2D eigenvalue weighted by molar-refractivity contribution is 0.213. The van der Waals surface area contributed by atoms with Crippen molar-refractivity contribution < 1.29 is 26.7 Å². The Morgan fingerprint density at radius 2 is 1.57 bits per heavy atom. The third kappa shape index (κ3) is 13.0. The fraction of sp³-hybridized carbons (Fsp3) is 0.500. The summed E-state index contributed by atoms with van der Waals surface area (Å²) in [4.78, 5) is 13.5. The number of hydrogen-bond acceptors (Lipinski definition) is 6. The molecule has 2 rings (SSSR count). The number of rotatable bonds is 11. The minimum Gasteiger partial charge on any atom is -0.726 e. The molecule has 9 heteroatoms. The Bertz CT molecular complexity index is 1020. The van der Waals surface area contributed by atoms with E-state index in [9.17, 15) is 17.8 Å². The van der Waals surface area contributed by atoms with Crippen molar-refractivity contribution in [3.63, 3.8) is 0 Å². The SMILES string of the molecule is CCCCCCCCc1ccc(NC(=O)Oc2c(C)cc(C)cc2[S+](C)C)cc1.COS(=O)(=O)[O-]. The van der Waals surface area contributed by atoms with E-state index in [1.165, 1.54) is 49.7 Å². The van der Waals surface area contributed by atoms with Crippen molar-refractivity contribution in [1.29, 1.82) is 0 Å². The van der Waals surface area contributed by atoms with Crippen LogP contribution in [0.15, 0.2) is 41.3 Å². The Morgan fingerprint density at radius 3 is 2.11 bits per heavy atom. The molecular formula is C26H39NO6S2. The summed E-state index contributed by atoms with van der Waals surface area (Å²) in [6.45, 7) is 6.31. The first kappa shape index (κ1) is 31.0. The average Bonchev–Trinajstić information content (AvgIpc) is 2.78. The summed E-state index contributed by atoms with van der Waals surface area (Å²) in [5.41, 5.74) is 4.26. The van der Waals surface area contributed by atoms with Gasteiger partial charge in [-0.2, -0.15) is 0 Å². The van der Waals surface area contributed by atoms with Crippen molar-refractivity contribution >= 4 is 33.1 Å². The summed E-state index contributed by atoms with van der Waals surface area (Å²) in [5.74, 6) is 0.682. The molecule has 0 aliphatic carbocycles. The molecule has 35 heavy (non-hydrogen) atoms. The van der Waals surface area contributed by atoms with Crippen LogP contribution < -0.4 is 10.1 Å². The number of carbonyl (C=O) groups is 1. The highest BCUT2D eigenvalue weighted by Gasteiger charge is 2.21. The summed E-state index contributed by atoms with van der Waals surface area (Å²) >= 11 is 0. The molecule has 0 aliphatic rings. The first-order valence-electron chi connectivity index (χ1n) is 11.7. The molecule has 0 bridgehead atoms. The Morgan fingerprint density at radius 1 is 1.00 bits per heavy atom. The van der Waals surface area contributed by atoms with Crippen LogP contribution in [0.4, 0.5) is 10.5 Å². The van der Waals surface area contributed by atoms with E-state index in [2.05, 4.69) is 60.1 Å². The second-order valence-electron chi connectivity index (χ2n) is 8.53. The van der Waals surface area contributed by atoms with Gasteiger partial charge in [0.05, 0.1) is 7.11 Å². The van der Waals surface area contributed by atoms with E-state index in [1.807, 2.05) is 19.1 Å². The molecule has 1 N–H and O–H groups in total. The van der Waals surface area contributed by atoms with Crippen LogP contribution >= 0.6 is 0 Å². The Hall–Kier alpha value is -2.07. The number of nitrogens with one attached hydrogen (secondary N) is 1. The van der Waals surface area contributed by atoms with E-state index in [0.717, 1.165) is 29.7 Å². The summed E-state index contributed by atoms with van der Waals surface area (Å²) in [7, 11) is -3.59. The summed E-state index contributed by atoms with van der Waals surface area (Å²) in [6, 6.07) is 12.3. The fourth-order valence-corrected chi connectivity index (χ4v) is 4.44. The van der Waals surface area contributed by atoms with Gasteiger partial charge in [0, 0.05) is 22.6 Å². The largest absolute Gasteiger partial charge is 0.726 e. The predicted molar refractivity (Wildman–Crippen MR) is 143 cm³/mol. The molecule has 2 aromatic carbocycles. The first-order valence-corrected chi connectivity index (χ1v) is 15.1. The number of aryl methyl sites for hydroxylation is 3. The number of carbonyl (C=O) groups excluding carboxylic acids is 1. The predicted octanol–water partition coefficient (Wildman–Crippen LogP) is 6.15. The Labute approximate surface area is 213 Å². The highest BCUT2D eigenvalue weighted by molar-refractivity contribution is 7.95. The smallest absolute Gasteiger partial charge is 0.417 e. The fourth-order valence-electron chi connectivity index (χ4n) is 3.45. The number of anilines is 1. The summed E-state index contributed by atoms with van der Waals surface area (Å²) in [5, 5.41) is 2.86. The monoisotopic (exact) mass is 525 g/mol. The maximum absolute atomic E-state index is 12.4. The van der Waals surface area contributed by atoms with Crippen LogP contribution in [-0.2, 0) is 31.9 Å². The average molecular weight is 526 g/mol. The maximum Gasteiger partial charge on any atom is 0.417 e. The van der Waals surface area contributed by atoms with Crippen LogP contribution in [0.5, 0.6) is 5.75 Å². The molecule has 0 heterocycles. The molecule has 2 aromatic rings. The zero-order valence-corrected chi connectivity index (χ0v) is 23.3. The number of ether oxygens (including phenoxy) is 1. The number of amides is 1. The molecule has 0 radical (unpaired) electrons. The summed E-state index contributed by atoms with van der Waals surface area (Å²) < 4.78 is 36.7. The quantitative estimate of drug-likeness (QED) is 0.163. The molecule has 0 fully saturated rings. The van der Waals surface area contributed by atoms with Crippen molar-refractivity contribution in [2.45, 2.75) is 70.6 Å². The maximum atomic E-state index is 12.4. The van der Waals surface area contributed by atoms with Gasteiger partial charge in [-0.1, -0.05) is 57.2 Å². The molecule has 0 atom stereocenters. The van der Waals surface area contributed by atoms with E-state index < -0.39 is 16.5 Å². The van der Waals surface area contributed by atoms with Crippen molar-refractivity contribution in [2.75, 3.05) is 24.9 Å². The minimum absolute atomic E-state index is 0.0114. The molecule has 0 unspecified atom stereocenters. The van der Waals surface area contributed by atoms with Gasteiger partial charge in [-0.15, -0.1) is 0 Å². The van der Waals surface area contributed by atoms with Gasteiger partial charge in [-0.3, -0.25) is 9.50 Å². The lowest BCUT2D eigenvalue weighted by Crippen LogP contribution is -2.18. The highest BCUT2D eigenvalue weighted by Crippen LogP contribution is 2.30. The molecule has 1 amide bonds. The van der Waals surface area contributed by atoms with Gasteiger partial charge < -0.3 is 9.29 Å². The van der Waals surface area contributed by atoms with E-state index >= 15 is 0 Å². The second kappa shape index (κ2) is 15.8. The van der Waals surface area contributed by atoms with E-state index in [4.69, 9.17) is 4.74 Å². The van der Waals surface area contributed by atoms with Gasteiger partial charge in [0.25, 0.3) is 0 Å². The van der Waals surface area contributed by atoms with Crippen LogP contribution in [0.3, 0.4) is 0 Å². The van der Waals surface area contributed by atoms with Crippen LogP contribution in [0.2, 0.25) is 0 Å². The molecule has 0 saturated heterocycles. The Balaban J connectivity index is 0.000000905. The van der Waals surface area contributed by atoms with Crippen LogP contribution in [0.1, 0.15) is 62.1 Å². The van der Waals surface area contributed by atoms with Gasteiger partial charge >= 0.3 is 6.09 Å². The van der Waals surface area contributed by atoms with Gasteiger partial charge in [-0.05, 0) is 55.5 Å². The highest BCUT2D eigenvalue weighted by atomic mass is 32.3. The lowest BCUT2D eigenvalue weighted by atomic mass is 10.0. The lowest BCUT2D eigenvalue weighted by Gasteiger charge is -2.12. The van der Waals surface area contributed by atoms with E-state index in [-0.39, 0.29) is 10.9 Å². The van der Waals surface area contributed by atoms with Gasteiger partial charge in [0.15, 0.2) is 10.6 Å². The molecule has 7 nitrogen and oxygen atoms in total. The molecule has 0 aromatic heterocycles. The van der Waals surface area contributed by atoms with Crippen molar-refractivity contribution in [3.8, 4) is 5.75 Å². The zero-order chi connectivity index (χ0) is 26.4. The van der Waals surface area contributed by atoms with Crippen molar-refractivity contribution in [1.82, 2.24) is 0 Å². The molecule has 0 aliphatic heterocycles. The standard InChI is InChI=1S/C25H35NO2S.CH4O4S/c1-6-7-8-9-10-11-12-21-13-15-22(16-14-21)26-25(27)28-24-20(3)17-19(2)18-23(24)29(4)5;1-5-6(2,3)4/h13-18H,6-12H2,1-5H3;1H3,(H,2,3,4). The molecular weight excluding hydrogens is 486 g/mol. The minimum atomic E-state index is -4.41. The van der Waals surface area contributed by atoms with E-state index in [1.54, 1.807) is 0 Å². The molecule has 0 saturated carbocycles. The van der Waals surface area contributed by atoms with Gasteiger partial charge in [-0.25, -0.2) is 13.2 Å². The normalized spacial score (nSPS) is 11.1. The molecule has 196 valence electrons. The topological polar surface area (TPSA) is 105 Å². The van der Waals surface area contributed by atoms with Crippen LogP contribution in [-0.4, -0.2) is 38.7 Å². The number of benzene rings is 2. The molecule has 0 spiro atoms. The third-order valence-corrected chi connectivity index (χ3v) is 6.83. The second-order valence-corrected chi connectivity index (χ2v) is 11.8. The van der Waals surface area contributed by atoms with E-state index in [0.29, 0.717) is 5.75 Å². The van der Waals surface area contributed by atoms with Crippen molar-refractivity contribution in [2.24, 2.45) is 0 Å². The van der Waals surface area contributed by atoms with Gasteiger partial charge in [0.1, 0.15) is 12.5 Å². The number of hydrogen-bond donors (Lipinski definition) is 1. The van der Waals surface area contributed by atoms with Crippen molar-refractivity contribution in [3.05, 3.63) is 53.1 Å². The van der Waals surface area contributed by atoms with Crippen LogP contribution in [0.25, 0.3) is 0 Å². The number of unbranched alkanes of at least 4 members (excludes halogenated alkanes) is 5. The first-order chi connectivity index (χ1) is 16.5. The van der Waals surface area contributed by atoms with Crippen LogP contribution in [0, 0.1) is 13.8 Å². The zero-order valence-electron chi connectivity index (χ0n) is 21.7. The third-order valence-electron chi connectivity index (χ3n) is 5.24.